The summed E-state index contributed by atoms with van der Waals surface area (Å²) in [4.78, 5) is 5.84. The Balaban J connectivity index is 1.35. The van der Waals surface area contributed by atoms with Gasteiger partial charge >= 0.3 is 0 Å². The fourth-order valence-electron chi connectivity index (χ4n) is 4.09. The van der Waals surface area contributed by atoms with Crippen LogP contribution in [0.3, 0.4) is 0 Å². The van der Waals surface area contributed by atoms with E-state index in [9.17, 15) is 4.39 Å². The van der Waals surface area contributed by atoms with E-state index in [4.69, 9.17) is 9.51 Å². The smallest absolute Gasteiger partial charge is 0.216 e. The Labute approximate surface area is 225 Å². The molecular weight excluding hydrogens is 499 g/mol. The van der Waals surface area contributed by atoms with Gasteiger partial charge in [0.1, 0.15) is 17.2 Å². The maximum absolute atomic E-state index is 14.1. The van der Waals surface area contributed by atoms with Crippen molar-refractivity contribution in [2.45, 2.75) is 51.5 Å². The maximum Gasteiger partial charge on any atom is 0.216 e. The highest BCUT2D eigenvalue weighted by Crippen LogP contribution is 2.33. The molecule has 0 spiro atoms. The monoisotopic (exact) mass is 528 g/mol. The van der Waals surface area contributed by atoms with Gasteiger partial charge in [0.15, 0.2) is 5.76 Å². The molecule has 0 bridgehead atoms. The Morgan fingerprint density at radius 1 is 0.974 bits per heavy atom. The SMILES string of the molecule is CCCCc1nc(-c2ccc(C)nn2)cn1Cc1ccc(-c2ccccc2SNc2noc(C)c2F)cc1. The van der Waals surface area contributed by atoms with Crippen LogP contribution >= 0.6 is 11.9 Å². The lowest BCUT2D eigenvalue weighted by Gasteiger charge is -2.11. The number of hydrogen-bond acceptors (Lipinski definition) is 7. The average Bonchev–Trinajstić information content (AvgIpc) is 3.49. The summed E-state index contributed by atoms with van der Waals surface area (Å²) >= 11 is 1.30. The molecule has 0 radical (unpaired) electrons. The van der Waals surface area contributed by atoms with Crippen molar-refractivity contribution in [1.29, 1.82) is 0 Å². The molecule has 1 N–H and O–H groups in total. The van der Waals surface area contributed by atoms with Crippen molar-refractivity contribution < 1.29 is 8.91 Å². The number of nitrogens with one attached hydrogen (secondary N) is 1. The first-order chi connectivity index (χ1) is 18.5. The fraction of sp³-hybridized carbons (Fsp3) is 0.241. The van der Waals surface area contributed by atoms with Crippen LogP contribution in [-0.4, -0.2) is 24.9 Å². The lowest BCUT2D eigenvalue weighted by Crippen LogP contribution is -2.04. The molecule has 3 aromatic heterocycles. The molecule has 0 aliphatic heterocycles. The molecular formula is C29H29FN6OS. The van der Waals surface area contributed by atoms with Crippen molar-refractivity contribution in [2.24, 2.45) is 0 Å². The summed E-state index contributed by atoms with van der Waals surface area (Å²) in [6.07, 6.45) is 5.17. The predicted molar refractivity (Wildman–Crippen MR) is 148 cm³/mol. The molecule has 0 amide bonds. The van der Waals surface area contributed by atoms with Gasteiger partial charge < -0.3 is 13.8 Å². The third-order valence-corrected chi connectivity index (χ3v) is 7.10. The van der Waals surface area contributed by atoms with Gasteiger partial charge in [0.25, 0.3) is 0 Å². The van der Waals surface area contributed by atoms with E-state index < -0.39 is 5.82 Å². The van der Waals surface area contributed by atoms with Crippen molar-refractivity contribution in [3.05, 3.63) is 95.5 Å². The molecule has 9 heteroatoms. The largest absolute Gasteiger partial charge is 0.356 e. The number of aromatic nitrogens is 5. The van der Waals surface area contributed by atoms with E-state index in [0.29, 0.717) is 6.54 Å². The zero-order valence-corrected chi connectivity index (χ0v) is 22.4. The van der Waals surface area contributed by atoms with Crippen LogP contribution in [0.1, 0.15) is 42.6 Å². The van der Waals surface area contributed by atoms with Crippen molar-refractivity contribution in [2.75, 3.05) is 4.72 Å². The summed E-state index contributed by atoms with van der Waals surface area (Å²) in [6, 6.07) is 20.4. The summed E-state index contributed by atoms with van der Waals surface area (Å²) in [7, 11) is 0. The van der Waals surface area contributed by atoms with Crippen LogP contribution < -0.4 is 4.72 Å². The van der Waals surface area contributed by atoms with Crippen LogP contribution in [0.2, 0.25) is 0 Å². The molecule has 0 aliphatic rings. The predicted octanol–water partition coefficient (Wildman–Crippen LogP) is 7.26. The molecule has 38 heavy (non-hydrogen) atoms. The number of rotatable bonds is 10. The second kappa shape index (κ2) is 11.6. The highest BCUT2D eigenvalue weighted by molar-refractivity contribution is 8.00. The normalized spacial score (nSPS) is 11.2. The van der Waals surface area contributed by atoms with Crippen molar-refractivity contribution in [3.63, 3.8) is 0 Å². The average molecular weight is 529 g/mol. The zero-order valence-electron chi connectivity index (χ0n) is 21.6. The number of benzene rings is 2. The second-order valence-corrected chi connectivity index (χ2v) is 9.98. The highest BCUT2D eigenvalue weighted by Gasteiger charge is 2.14. The van der Waals surface area contributed by atoms with Crippen LogP contribution in [0.15, 0.2) is 76.3 Å². The minimum Gasteiger partial charge on any atom is -0.356 e. The standard InChI is InChI=1S/C29H29FN6OS/c1-4-5-10-27-31-25(24-16-11-19(2)32-33-24)18-36(27)17-21-12-14-22(15-13-21)23-8-6-7-9-26(23)38-35-29-28(30)20(3)37-34-29/h6-9,11-16,18H,4-5,10,17H2,1-3H3,(H,34,35). The summed E-state index contributed by atoms with van der Waals surface area (Å²) in [5.74, 6) is 0.825. The number of hydrogen-bond donors (Lipinski definition) is 1. The van der Waals surface area contributed by atoms with E-state index in [1.807, 2.05) is 37.3 Å². The van der Waals surface area contributed by atoms with Crippen LogP contribution in [0.5, 0.6) is 0 Å². The molecule has 7 nitrogen and oxygen atoms in total. The number of aryl methyl sites for hydroxylation is 3. The van der Waals surface area contributed by atoms with E-state index in [0.717, 1.165) is 58.2 Å². The van der Waals surface area contributed by atoms with Crippen LogP contribution in [0, 0.1) is 19.7 Å². The quantitative estimate of drug-likeness (QED) is 0.191. The van der Waals surface area contributed by atoms with Gasteiger partial charge in [-0.15, -0.1) is 5.10 Å². The lowest BCUT2D eigenvalue weighted by molar-refractivity contribution is 0.391. The van der Waals surface area contributed by atoms with Crippen molar-refractivity contribution >= 4 is 17.8 Å². The molecule has 194 valence electrons. The Bertz CT molecular complexity index is 1510. The molecule has 0 atom stereocenters. The summed E-state index contributed by atoms with van der Waals surface area (Å²) in [6.45, 7) is 6.37. The van der Waals surface area contributed by atoms with Gasteiger partial charge in [-0.25, -0.2) is 4.98 Å². The Kier molecular flexibility index (Phi) is 7.83. The molecule has 0 unspecified atom stereocenters. The molecule has 3 heterocycles. The molecule has 0 saturated heterocycles. The van der Waals surface area contributed by atoms with Crippen LogP contribution in [0.25, 0.3) is 22.5 Å². The minimum atomic E-state index is -0.477. The van der Waals surface area contributed by atoms with Crippen molar-refractivity contribution in [3.8, 4) is 22.5 Å². The van der Waals surface area contributed by atoms with Gasteiger partial charge in [-0.3, -0.25) is 0 Å². The van der Waals surface area contributed by atoms with E-state index in [1.54, 1.807) is 6.92 Å². The summed E-state index contributed by atoms with van der Waals surface area (Å²) in [5.41, 5.74) is 5.80. The van der Waals surface area contributed by atoms with Gasteiger partial charge in [-0.05, 0) is 67.1 Å². The lowest BCUT2D eigenvalue weighted by atomic mass is 10.0. The minimum absolute atomic E-state index is 0.0906. The molecule has 5 aromatic rings. The van der Waals surface area contributed by atoms with E-state index in [1.165, 1.54) is 17.5 Å². The molecule has 0 saturated carbocycles. The van der Waals surface area contributed by atoms with E-state index >= 15 is 0 Å². The Morgan fingerprint density at radius 2 is 1.79 bits per heavy atom. The van der Waals surface area contributed by atoms with Gasteiger partial charge in [0.05, 0.1) is 5.69 Å². The van der Waals surface area contributed by atoms with E-state index in [2.05, 4.69) is 68.1 Å². The summed E-state index contributed by atoms with van der Waals surface area (Å²) < 4.78 is 24.2. The molecule has 5 rings (SSSR count). The molecule has 0 aliphatic carbocycles. The first-order valence-electron chi connectivity index (χ1n) is 12.6. The first kappa shape index (κ1) is 25.7. The maximum atomic E-state index is 14.1. The topological polar surface area (TPSA) is 81.7 Å². The Hall–Kier alpha value is -3.98. The first-order valence-corrected chi connectivity index (χ1v) is 13.4. The number of unbranched alkanes of at least 4 members (excludes halogenated alkanes) is 1. The number of nitrogens with zero attached hydrogens (tertiary/aromatic N) is 5. The molecule has 2 aromatic carbocycles. The Morgan fingerprint density at radius 3 is 2.50 bits per heavy atom. The number of anilines is 1. The summed E-state index contributed by atoms with van der Waals surface area (Å²) in [5, 5.41) is 12.2. The van der Waals surface area contributed by atoms with Crippen molar-refractivity contribution in [1.82, 2.24) is 24.9 Å². The van der Waals surface area contributed by atoms with Gasteiger partial charge in [-0.2, -0.15) is 9.49 Å². The highest BCUT2D eigenvalue weighted by atomic mass is 32.2. The van der Waals surface area contributed by atoms with Gasteiger partial charge in [0.2, 0.25) is 11.6 Å². The zero-order chi connectivity index (χ0) is 26.5. The second-order valence-electron chi connectivity index (χ2n) is 9.13. The number of halogens is 1. The number of imidazole rings is 1. The van der Waals surface area contributed by atoms with Crippen LogP contribution in [0.4, 0.5) is 10.2 Å². The fourth-order valence-corrected chi connectivity index (χ4v) is 4.87. The third-order valence-electron chi connectivity index (χ3n) is 6.23. The van der Waals surface area contributed by atoms with Gasteiger partial charge in [0, 0.05) is 24.1 Å². The molecule has 0 fully saturated rings. The van der Waals surface area contributed by atoms with E-state index in [-0.39, 0.29) is 11.6 Å². The van der Waals surface area contributed by atoms with Crippen LogP contribution in [-0.2, 0) is 13.0 Å². The third kappa shape index (κ3) is 5.78. The van der Waals surface area contributed by atoms with Gasteiger partial charge in [-0.1, -0.05) is 61.0 Å².